The monoisotopic (exact) mass is 260 g/mol. The van der Waals surface area contributed by atoms with Crippen LogP contribution in [0.15, 0.2) is 6.33 Å². The lowest BCUT2D eigenvalue weighted by Crippen LogP contribution is -2.08. The van der Waals surface area contributed by atoms with E-state index in [0.29, 0.717) is 11.7 Å². The third-order valence-corrected chi connectivity index (χ3v) is 4.22. The summed E-state index contributed by atoms with van der Waals surface area (Å²) in [5.41, 5.74) is 9.36. The van der Waals surface area contributed by atoms with Crippen molar-refractivity contribution in [3.63, 3.8) is 0 Å². The Morgan fingerprint density at radius 1 is 1.42 bits per heavy atom. The van der Waals surface area contributed by atoms with Crippen LogP contribution in [-0.4, -0.2) is 27.7 Å². The van der Waals surface area contributed by atoms with E-state index in [1.807, 2.05) is 0 Å². The van der Waals surface area contributed by atoms with Gasteiger partial charge in [-0.3, -0.25) is 0 Å². The summed E-state index contributed by atoms with van der Waals surface area (Å²) in [4.78, 5) is 8.50. The van der Waals surface area contributed by atoms with E-state index in [0.717, 1.165) is 37.2 Å². The normalized spacial score (nSPS) is 19.4. The molecule has 1 aliphatic rings. The zero-order valence-corrected chi connectivity index (χ0v) is 11.5. The summed E-state index contributed by atoms with van der Waals surface area (Å²) in [5.74, 6) is 1.25. The van der Waals surface area contributed by atoms with Crippen molar-refractivity contribution in [2.24, 2.45) is 5.92 Å². The first-order valence-corrected chi connectivity index (χ1v) is 6.82. The molecule has 0 amide bonds. The Morgan fingerprint density at radius 3 is 3.00 bits per heavy atom. The molecule has 1 atom stereocenters. The van der Waals surface area contributed by atoms with E-state index in [1.54, 1.807) is 6.33 Å². The minimum Gasteiger partial charge on any atom is -0.383 e. The Labute approximate surface area is 112 Å². The van der Waals surface area contributed by atoms with Crippen molar-refractivity contribution in [3.8, 4) is 0 Å². The minimum absolute atomic E-state index is 0.577. The average molecular weight is 260 g/mol. The van der Waals surface area contributed by atoms with Gasteiger partial charge in [0.1, 0.15) is 17.8 Å². The zero-order chi connectivity index (χ0) is 13.4. The largest absolute Gasteiger partial charge is 0.383 e. The molecular formula is C14H20N4O. The zero-order valence-electron chi connectivity index (χ0n) is 11.5. The van der Waals surface area contributed by atoms with Crippen molar-refractivity contribution in [3.05, 3.63) is 17.6 Å². The van der Waals surface area contributed by atoms with Gasteiger partial charge in [0.15, 0.2) is 0 Å². The molecular weight excluding hydrogens is 240 g/mol. The van der Waals surface area contributed by atoms with Gasteiger partial charge in [-0.2, -0.15) is 0 Å². The molecule has 1 unspecified atom stereocenters. The van der Waals surface area contributed by atoms with Gasteiger partial charge in [0, 0.05) is 25.5 Å². The van der Waals surface area contributed by atoms with Crippen LogP contribution in [0, 0.1) is 19.8 Å². The van der Waals surface area contributed by atoms with Crippen LogP contribution < -0.4 is 5.73 Å². The van der Waals surface area contributed by atoms with Gasteiger partial charge in [-0.1, -0.05) is 0 Å². The molecule has 3 rings (SSSR count). The highest BCUT2D eigenvalue weighted by molar-refractivity contribution is 5.90. The van der Waals surface area contributed by atoms with Gasteiger partial charge in [0.2, 0.25) is 0 Å². The van der Waals surface area contributed by atoms with Crippen LogP contribution in [0.25, 0.3) is 11.0 Å². The maximum Gasteiger partial charge on any atom is 0.145 e. The highest BCUT2D eigenvalue weighted by atomic mass is 16.5. The van der Waals surface area contributed by atoms with Crippen molar-refractivity contribution >= 4 is 16.9 Å². The number of anilines is 1. The number of hydrogen-bond acceptors (Lipinski definition) is 4. The van der Waals surface area contributed by atoms with E-state index in [-0.39, 0.29) is 0 Å². The molecule has 0 aliphatic carbocycles. The third kappa shape index (κ3) is 2.08. The molecule has 5 heteroatoms. The fourth-order valence-electron chi connectivity index (χ4n) is 2.89. The van der Waals surface area contributed by atoms with Crippen LogP contribution in [0.4, 0.5) is 5.82 Å². The Kier molecular flexibility index (Phi) is 3.14. The molecule has 102 valence electrons. The molecule has 0 aromatic carbocycles. The fraction of sp³-hybridized carbons (Fsp3) is 0.571. The number of nitrogens with zero attached hydrogens (tertiary/aromatic N) is 3. The van der Waals surface area contributed by atoms with Gasteiger partial charge >= 0.3 is 0 Å². The number of nitrogen functional groups attached to an aromatic ring is 1. The molecule has 1 saturated heterocycles. The summed E-state index contributed by atoms with van der Waals surface area (Å²) in [6.07, 6.45) is 3.86. The molecule has 5 nitrogen and oxygen atoms in total. The van der Waals surface area contributed by atoms with Gasteiger partial charge < -0.3 is 15.0 Å². The number of ether oxygens (including phenoxy) is 1. The van der Waals surface area contributed by atoms with Crippen molar-refractivity contribution in [2.45, 2.75) is 33.2 Å². The van der Waals surface area contributed by atoms with Gasteiger partial charge in [0.25, 0.3) is 0 Å². The fourth-order valence-corrected chi connectivity index (χ4v) is 2.89. The quantitative estimate of drug-likeness (QED) is 0.917. The number of aryl methyl sites for hydroxylation is 2. The van der Waals surface area contributed by atoms with E-state index in [2.05, 4.69) is 28.4 Å². The highest BCUT2D eigenvalue weighted by Gasteiger charge is 2.18. The lowest BCUT2D eigenvalue weighted by Gasteiger charge is -2.11. The Hall–Kier alpha value is -1.62. The first-order valence-electron chi connectivity index (χ1n) is 6.82. The molecule has 2 aromatic heterocycles. The van der Waals surface area contributed by atoms with Gasteiger partial charge in [-0.15, -0.1) is 0 Å². The average Bonchev–Trinajstić information content (AvgIpc) is 2.98. The number of aromatic nitrogens is 3. The summed E-state index contributed by atoms with van der Waals surface area (Å²) in [6.45, 7) is 6.99. The Bertz CT molecular complexity index is 599. The topological polar surface area (TPSA) is 66.0 Å². The van der Waals surface area contributed by atoms with Crippen LogP contribution in [0.2, 0.25) is 0 Å². The van der Waals surface area contributed by atoms with Gasteiger partial charge in [-0.05, 0) is 38.2 Å². The molecule has 3 heterocycles. The Morgan fingerprint density at radius 2 is 2.26 bits per heavy atom. The molecule has 2 aromatic rings. The second kappa shape index (κ2) is 4.81. The molecule has 1 aliphatic heterocycles. The minimum atomic E-state index is 0.577. The standard InChI is InChI=1S/C14H20N4O/c1-9-10(2)18(5-3-11-4-6-19-7-11)14-12(9)13(15)16-8-17-14/h8,11H,3-7H2,1-2H3,(H2,15,16,17). The molecule has 0 radical (unpaired) electrons. The molecule has 2 N–H and O–H groups in total. The smallest absolute Gasteiger partial charge is 0.145 e. The highest BCUT2D eigenvalue weighted by Crippen LogP contribution is 2.28. The molecule has 19 heavy (non-hydrogen) atoms. The predicted molar refractivity (Wildman–Crippen MR) is 75.0 cm³/mol. The van der Waals surface area contributed by atoms with E-state index >= 15 is 0 Å². The van der Waals surface area contributed by atoms with Crippen LogP contribution in [0.3, 0.4) is 0 Å². The Balaban J connectivity index is 1.94. The summed E-state index contributed by atoms with van der Waals surface area (Å²) in [5, 5.41) is 1.00. The number of hydrogen-bond donors (Lipinski definition) is 1. The van der Waals surface area contributed by atoms with Crippen molar-refractivity contribution in [2.75, 3.05) is 18.9 Å². The number of nitrogens with two attached hydrogens (primary N) is 1. The summed E-state index contributed by atoms with van der Waals surface area (Å²) >= 11 is 0. The molecule has 1 fully saturated rings. The second-order valence-electron chi connectivity index (χ2n) is 5.34. The summed E-state index contributed by atoms with van der Waals surface area (Å²) in [6, 6.07) is 0. The lowest BCUT2D eigenvalue weighted by molar-refractivity contribution is 0.183. The van der Waals surface area contributed by atoms with E-state index in [4.69, 9.17) is 10.5 Å². The van der Waals surface area contributed by atoms with Gasteiger partial charge in [0.05, 0.1) is 5.39 Å². The maximum atomic E-state index is 5.97. The molecule has 0 spiro atoms. The molecule has 0 saturated carbocycles. The lowest BCUT2D eigenvalue weighted by atomic mass is 10.1. The van der Waals surface area contributed by atoms with E-state index in [1.165, 1.54) is 17.7 Å². The van der Waals surface area contributed by atoms with Crippen molar-refractivity contribution in [1.29, 1.82) is 0 Å². The van der Waals surface area contributed by atoms with E-state index < -0.39 is 0 Å². The van der Waals surface area contributed by atoms with E-state index in [9.17, 15) is 0 Å². The van der Waals surface area contributed by atoms with Crippen molar-refractivity contribution in [1.82, 2.24) is 14.5 Å². The first kappa shape index (κ1) is 12.4. The van der Waals surface area contributed by atoms with Crippen LogP contribution >= 0.6 is 0 Å². The van der Waals surface area contributed by atoms with Gasteiger partial charge in [-0.25, -0.2) is 9.97 Å². The summed E-state index contributed by atoms with van der Waals surface area (Å²) < 4.78 is 7.70. The SMILES string of the molecule is Cc1c(C)n(CCC2CCOC2)c2ncnc(N)c12. The van der Waals surface area contributed by atoms with Crippen LogP contribution in [-0.2, 0) is 11.3 Å². The number of fused-ring (bicyclic) bond motifs is 1. The van der Waals surface area contributed by atoms with Crippen LogP contribution in [0.1, 0.15) is 24.1 Å². The van der Waals surface area contributed by atoms with Crippen LogP contribution in [0.5, 0.6) is 0 Å². The van der Waals surface area contributed by atoms with Crippen molar-refractivity contribution < 1.29 is 4.74 Å². The molecule has 0 bridgehead atoms. The predicted octanol–water partition coefficient (Wildman–Crippen LogP) is 2.06. The third-order valence-electron chi connectivity index (χ3n) is 4.22. The number of rotatable bonds is 3. The maximum absolute atomic E-state index is 5.97. The first-order chi connectivity index (χ1) is 9.18. The summed E-state index contributed by atoms with van der Waals surface area (Å²) in [7, 11) is 0. The second-order valence-corrected chi connectivity index (χ2v) is 5.34.